The average molecular weight is 324 g/mol. The number of nitrogens with one attached hydrogen (secondary N) is 1. The van der Waals surface area contributed by atoms with Gasteiger partial charge in [0, 0.05) is 41.7 Å². The minimum atomic E-state index is 0.0473. The Morgan fingerprint density at radius 1 is 1.32 bits per heavy atom. The van der Waals surface area contributed by atoms with Crippen LogP contribution in [0.2, 0.25) is 0 Å². The quantitative estimate of drug-likeness (QED) is 0.918. The van der Waals surface area contributed by atoms with Crippen LogP contribution >= 0.6 is 15.9 Å². The van der Waals surface area contributed by atoms with Gasteiger partial charge >= 0.3 is 5.69 Å². The molecule has 0 saturated heterocycles. The minimum absolute atomic E-state index is 0.0473. The number of benzene rings is 1. The number of imidazole rings is 1. The highest BCUT2D eigenvalue weighted by molar-refractivity contribution is 9.10. The van der Waals surface area contributed by atoms with Gasteiger partial charge in [-0.3, -0.25) is 9.13 Å². The largest absolute Gasteiger partial charge is 0.383 e. The first kappa shape index (κ1) is 13.9. The molecule has 0 aliphatic heterocycles. The van der Waals surface area contributed by atoms with Crippen molar-refractivity contribution < 1.29 is 0 Å². The van der Waals surface area contributed by atoms with Crippen molar-refractivity contribution in [3.63, 3.8) is 0 Å². The number of halogens is 1. The number of hydrogen-bond donors (Lipinski definition) is 1. The summed E-state index contributed by atoms with van der Waals surface area (Å²) < 4.78 is 4.50. The van der Waals surface area contributed by atoms with Crippen LogP contribution in [0.25, 0.3) is 0 Å². The molecule has 1 N–H and O–H groups in total. The fourth-order valence-corrected chi connectivity index (χ4v) is 2.31. The molecule has 0 fully saturated rings. The molecular weight excluding hydrogens is 306 g/mol. The van der Waals surface area contributed by atoms with Gasteiger partial charge in [-0.15, -0.1) is 0 Å². The van der Waals surface area contributed by atoms with Gasteiger partial charge in [0.15, 0.2) is 0 Å². The van der Waals surface area contributed by atoms with Crippen molar-refractivity contribution in [2.24, 2.45) is 0 Å². The summed E-state index contributed by atoms with van der Waals surface area (Å²) in [6, 6.07) is 8.19. The van der Waals surface area contributed by atoms with Crippen LogP contribution in [0.1, 0.15) is 19.9 Å². The first-order valence-corrected chi connectivity index (χ1v) is 7.14. The molecule has 0 spiro atoms. The molecule has 0 radical (unpaired) electrons. The third-order valence-corrected chi connectivity index (χ3v) is 3.43. The Bertz CT molecular complexity index is 601. The third-order valence-electron chi connectivity index (χ3n) is 2.94. The summed E-state index contributed by atoms with van der Waals surface area (Å²) in [5.41, 5.74) is 1.09. The van der Waals surface area contributed by atoms with Crippen molar-refractivity contribution in [2.45, 2.75) is 26.4 Å². The lowest BCUT2D eigenvalue weighted by Gasteiger charge is -2.07. The summed E-state index contributed by atoms with van der Waals surface area (Å²) >= 11 is 3.43. The maximum atomic E-state index is 12.0. The molecule has 1 heterocycles. The van der Waals surface area contributed by atoms with Crippen LogP contribution < -0.4 is 11.0 Å². The van der Waals surface area contributed by atoms with E-state index in [9.17, 15) is 4.79 Å². The zero-order valence-electron chi connectivity index (χ0n) is 11.1. The Morgan fingerprint density at radius 3 is 2.74 bits per heavy atom. The summed E-state index contributed by atoms with van der Waals surface area (Å²) in [5, 5.41) is 3.30. The maximum absolute atomic E-state index is 12.0. The van der Waals surface area contributed by atoms with Gasteiger partial charge in [0.05, 0.1) is 0 Å². The van der Waals surface area contributed by atoms with Crippen molar-refractivity contribution in [3.05, 3.63) is 51.6 Å². The van der Waals surface area contributed by atoms with Gasteiger partial charge in [-0.05, 0) is 32.0 Å². The molecule has 0 aliphatic carbocycles. The van der Waals surface area contributed by atoms with Crippen molar-refractivity contribution in [1.82, 2.24) is 9.13 Å². The fraction of sp³-hybridized carbons (Fsp3) is 0.357. The summed E-state index contributed by atoms with van der Waals surface area (Å²) in [6.07, 6.45) is 3.68. The normalized spacial score (nSPS) is 10.9. The fourth-order valence-electron chi connectivity index (χ4n) is 1.91. The van der Waals surface area contributed by atoms with Gasteiger partial charge in [0.1, 0.15) is 0 Å². The highest BCUT2D eigenvalue weighted by Gasteiger charge is 2.05. The summed E-state index contributed by atoms with van der Waals surface area (Å²) in [4.78, 5) is 12.0. The van der Waals surface area contributed by atoms with Gasteiger partial charge in [-0.25, -0.2) is 4.79 Å². The maximum Gasteiger partial charge on any atom is 0.328 e. The van der Waals surface area contributed by atoms with E-state index in [1.54, 1.807) is 9.13 Å². The molecule has 1 aromatic heterocycles. The zero-order chi connectivity index (χ0) is 13.8. The van der Waals surface area contributed by atoms with Crippen LogP contribution in [0.5, 0.6) is 0 Å². The second-order valence-corrected chi connectivity index (χ2v) is 5.63. The highest BCUT2D eigenvalue weighted by Crippen LogP contribution is 2.15. The predicted octanol–water partition coefficient (Wildman–Crippen LogP) is 3.11. The predicted molar refractivity (Wildman–Crippen MR) is 81.7 cm³/mol. The molecule has 1 aromatic carbocycles. The van der Waals surface area contributed by atoms with Crippen LogP contribution in [0, 0.1) is 0 Å². The average Bonchev–Trinajstić information content (AvgIpc) is 2.71. The molecule has 19 heavy (non-hydrogen) atoms. The van der Waals surface area contributed by atoms with Crippen LogP contribution in [0.4, 0.5) is 5.69 Å². The van der Waals surface area contributed by atoms with E-state index < -0.39 is 0 Å². The molecule has 2 rings (SSSR count). The molecule has 0 unspecified atom stereocenters. The second-order valence-electron chi connectivity index (χ2n) is 4.71. The Hall–Kier alpha value is -1.49. The molecule has 2 aromatic rings. The number of anilines is 1. The molecule has 0 saturated carbocycles. The molecule has 102 valence electrons. The summed E-state index contributed by atoms with van der Waals surface area (Å²) in [5.74, 6) is 0. The molecular formula is C14H18BrN3O. The first-order valence-electron chi connectivity index (χ1n) is 6.34. The van der Waals surface area contributed by atoms with Gasteiger partial charge < -0.3 is 5.32 Å². The van der Waals surface area contributed by atoms with Crippen LogP contribution in [0.15, 0.2) is 45.9 Å². The van der Waals surface area contributed by atoms with Crippen LogP contribution in [0.3, 0.4) is 0 Å². The van der Waals surface area contributed by atoms with Gasteiger partial charge in [0.25, 0.3) is 0 Å². The second kappa shape index (κ2) is 6.10. The van der Waals surface area contributed by atoms with E-state index in [0.717, 1.165) is 16.7 Å². The Morgan fingerprint density at radius 2 is 2.11 bits per heavy atom. The summed E-state index contributed by atoms with van der Waals surface area (Å²) in [7, 11) is 0. The molecule has 0 bridgehead atoms. The van der Waals surface area contributed by atoms with E-state index >= 15 is 0 Å². The van der Waals surface area contributed by atoms with Gasteiger partial charge in [-0.2, -0.15) is 0 Å². The Balaban J connectivity index is 1.95. The number of hydrogen-bond acceptors (Lipinski definition) is 2. The Labute approximate surface area is 121 Å². The van der Waals surface area contributed by atoms with E-state index in [2.05, 4.69) is 21.2 Å². The van der Waals surface area contributed by atoms with E-state index in [0.29, 0.717) is 6.54 Å². The number of aromatic nitrogens is 2. The molecule has 0 amide bonds. The van der Waals surface area contributed by atoms with Crippen LogP contribution in [-0.4, -0.2) is 15.7 Å². The SMILES string of the molecule is CC(C)n1ccn(CCNc2cccc(Br)c2)c1=O. The lowest BCUT2D eigenvalue weighted by Crippen LogP contribution is -2.27. The molecule has 0 aliphatic rings. The third kappa shape index (κ3) is 3.50. The van der Waals surface area contributed by atoms with Gasteiger partial charge in [0.2, 0.25) is 0 Å². The smallest absolute Gasteiger partial charge is 0.328 e. The topological polar surface area (TPSA) is 39.0 Å². The van der Waals surface area contributed by atoms with Crippen molar-refractivity contribution in [1.29, 1.82) is 0 Å². The molecule has 4 nitrogen and oxygen atoms in total. The first-order chi connectivity index (χ1) is 9.08. The van der Waals surface area contributed by atoms with Crippen molar-refractivity contribution in [3.8, 4) is 0 Å². The lowest BCUT2D eigenvalue weighted by atomic mass is 10.3. The van der Waals surface area contributed by atoms with E-state index in [1.807, 2.05) is 50.5 Å². The highest BCUT2D eigenvalue weighted by atomic mass is 79.9. The Kier molecular flexibility index (Phi) is 4.47. The monoisotopic (exact) mass is 323 g/mol. The van der Waals surface area contributed by atoms with Crippen LogP contribution in [-0.2, 0) is 6.54 Å². The van der Waals surface area contributed by atoms with Crippen molar-refractivity contribution >= 4 is 21.6 Å². The minimum Gasteiger partial charge on any atom is -0.383 e. The standard InChI is InChI=1S/C14H18BrN3O/c1-11(2)18-9-8-17(14(18)19)7-6-16-13-5-3-4-12(15)10-13/h3-5,8-11,16H,6-7H2,1-2H3. The zero-order valence-corrected chi connectivity index (χ0v) is 12.7. The van der Waals surface area contributed by atoms with E-state index in [-0.39, 0.29) is 11.7 Å². The number of nitrogens with zero attached hydrogens (tertiary/aromatic N) is 2. The van der Waals surface area contributed by atoms with Crippen molar-refractivity contribution in [2.75, 3.05) is 11.9 Å². The van der Waals surface area contributed by atoms with E-state index in [1.165, 1.54) is 0 Å². The summed E-state index contributed by atoms with van der Waals surface area (Å²) in [6.45, 7) is 5.39. The lowest BCUT2D eigenvalue weighted by molar-refractivity contribution is 0.555. The van der Waals surface area contributed by atoms with Gasteiger partial charge in [-0.1, -0.05) is 22.0 Å². The molecule has 0 atom stereocenters. The van der Waals surface area contributed by atoms with E-state index in [4.69, 9.17) is 0 Å². The number of rotatable bonds is 5. The molecule has 5 heteroatoms.